The van der Waals surface area contributed by atoms with Gasteiger partial charge in [0.2, 0.25) is 0 Å². The summed E-state index contributed by atoms with van der Waals surface area (Å²) in [6.45, 7) is 1.95. The molecule has 0 saturated carbocycles. The number of aromatic carboxylic acids is 1. The van der Waals surface area contributed by atoms with Gasteiger partial charge in [-0.3, -0.25) is 0 Å². The summed E-state index contributed by atoms with van der Waals surface area (Å²) in [6, 6.07) is 3.95. The third-order valence-corrected chi connectivity index (χ3v) is 1.79. The van der Waals surface area contributed by atoms with Crippen molar-refractivity contribution in [3.05, 3.63) is 29.3 Å². The molecule has 1 aromatic rings. The highest BCUT2D eigenvalue weighted by molar-refractivity contribution is 5.97. The van der Waals surface area contributed by atoms with E-state index in [0.29, 0.717) is 0 Å². The van der Waals surface area contributed by atoms with E-state index >= 15 is 0 Å². The van der Waals surface area contributed by atoms with E-state index in [1.807, 2.05) is 0 Å². The first-order chi connectivity index (χ1) is 7.06. The van der Waals surface area contributed by atoms with Crippen LogP contribution in [-0.4, -0.2) is 23.7 Å². The number of hydrogen-bond donors (Lipinski definition) is 2. The average molecular weight is 209 g/mol. The Balaban J connectivity index is 3.01. The number of carbonyl (C=O) groups is 2. The molecule has 5 heteroatoms. The molecule has 5 nitrogen and oxygen atoms in total. The third-order valence-electron chi connectivity index (χ3n) is 1.79. The molecule has 0 heterocycles. The minimum atomic E-state index is -1.12. The Labute approximate surface area is 86.5 Å². The van der Waals surface area contributed by atoms with Crippen LogP contribution < -0.4 is 5.73 Å². The molecule has 0 saturated heterocycles. The SMILES string of the molecule is CCOC(=O)c1ccc(C(=O)O)c(N)c1. The number of carboxylic acid groups (broad SMARTS) is 1. The van der Waals surface area contributed by atoms with Crippen molar-refractivity contribution >= 4 is 17.6 Å². The molecule has 0 fully saturated rings. The Bertz CT molecular complexity index is 400. The zero-order valence-electron chi connectivity index (χ0n) is 8.19. The van der Waals surface area contributed by atoms with Crippen LogP contribution in [0.5, 0.6) is 0 Å². The monoisotopic (exact) mass is 209 g/mol. The lowest BCUT2D eigenvalue weighted by Crippen LogP contribution is -2.08. The first-order valence-electron chi connectivity index (χ1n) is 4.36. The fourth-order valence-electron chi connectivity index (χ4n) is 1.10. The number of rotatable bonds is 3. The maximum Gasteiger partial charge on any atom is 0.338 e. The van der Waals surface area contributed by atoms with Gasteiger partial charge in [0.05, 0.1) is 17.7 Å². The predicted molar refractivity (Wildman–Crippen MR) is 53.8 cm³/mol. The Kier molecular flexibility index (Phi) is 3.28. The van der Waals surface area contributed by atoms with Gasteiger partial charge >= 0.3 is 11.9 Å². The second-order valence-corrected chi connectivity index (χ2v) is 2.83. The molecule has 0 amide bonds. The summed E-state index contributed by atoms with van der Waals surface area (Å²) in [4.78, 5) is 21.9. The fourth-order valence-corrected chi connectivity index (χ4v) is 1.10. The van der Waals surface area contributed by atoms with Gasteiger partial charge in [-0.2, -0.15) is 0 Å². The van der Waals surface area contributed by atoms with Crippen molar-refractivity contribution in [3.8, 4) is 0 Å². The van der Waals surface area contributed by atoms with Crippen molar-refractivity contribution in [1.29, 1.82) is 0 Å². The number of nitrogens with two attached hydrogens (primary N) is 1. The summed E-state index contributed by atoms with van der Waals surface area (Å²) < 4.78 is 4.74. The molecule has 0 aliphatic heterocycles. The molecule has 80 valence electrons. The van der Waals surface area contributed by atoms with Gasteiger partial charge in [0.15, 0.2) is 0 Å². The van der Waals surface area contributed by atoms with Crippen molar-refractivity contribution in [2.24, 2.45) is 0 Å². The minimum Gasteiger partial charge on any atom is -0.478 e. The van der Waals surface area contributed by atoms with Gasteiger partial charge in [0.25, 0.3) is 0 Å². The number of nitrogen functional groups attached to an aromatic ring is 1. The highest BCUT2D eigenvalue weighted by atomic mass is 16.5. The fraction of sp³-hybridized carbons (Fsp3) is 0.200. The van der Waals surface area contributed by atoms with Crippen LogP contribution in [0.1, 0.15) is 27.6 Å². The Morgan fingerprint density at radius 1 is 1.47 bits per heavy atom. The number of hydrogen-bond acceptors (Lipinski definition) is 4. The van der Waals surface area contributed by atoms with Crippen LogP contribution in [0.4, 0.5) is 5.69 Å². The van der Waals surface area contributed by atoms with E-state index in [1.54, 1.807) is 6.92 Å². The summed E-state index contributed by atoms with van der Waals surface area (Å²) in [5.74, 6) is -1.64. The minimum absolute atomic E-state index is 0.0250. The maximum atomic E-state index is 11.3. The van der Waals surface area contributed by atoms with Crippen LogP contribution in [0.15, 0.2) is 18.2 Å². The Hall–Kier alpha value is -2.04. The Morgan fingerprint density at radius 3 is 2.60 bits per heavy atom. The number of benzene rings is 1. The molecule has 0 spiro atoms. The molecule has 0 bridgehead atoms. The topological polar surface area (TPSA) is 89.6 Å². The van der Waals surface area contributed by atoms with E-state index in [-0.39, 0.29) is 23.4 Å². The lowest BCUT2D eigenvalue weighted by Gasteiger charge is -2.04. The quantitative estimate of drug-likeness (QED) is 0.575. The molecule has 1 rings (SSSR count). The lowest BCUT2D eigenvalue weighted by atomic mass is 10.1. The van der Waals surface area contributed by atoms with Crippen LogP contribution in [0.3, 0.4) is 0 Å². The van der Waals surface area contributed by atoms with Crippen molar-refractivity contribution in [2.75, 3.05) is 12.3 Å². The van der Waals surface area contributed by atoms with Crippen LogP contribution in [-0.2, 0) is 4.74 Å². The van der Waals surface area contributed by atoms with E-state index in [1.165, 1.54) is 18.2 Å². The van der Waals surface area contributed by atoms with Crippen molar-refractivity contribution in [2.45, 2.75) is 6.92 Å². The summed E-state index contributed by atoms with van der Waals surface area (Å²) in [6.07, 6.45) is 0. The highest BCUT2D eigenvalue weighted by Gasteiger charge is 2.12. The van der Waals surface area contributed by atoms with Gasteiger partial charge in [-0.15, -0.1) is 0 Å². The average Bonchev–Trinajstić information content (AvgIpc) is 2.17. The van der Waals surface area contributed by atoms with Gasteiger partial charge < -0.3 is 15.6 Å². The molecule has 0 atom stereocenters. The van der Waals surface area contributed by atoms with Gasteiger partial charge in [-0.25, -0.2) is 9.59 Å². The summed E-state index contributed by atoms with van der Waals surface area (Å²) in [5, 5.41) is 8.70. The van der Waals surface area contributed by atoms with Gasteiger partial charge in [0, 0.05) is 5.69 Å². The van der Waals surface area contributed by atoms with Crippen LogP contribution >= 0.6 is 0 Å². The molecule has 0 aromatic heterocycles. The van der Waals surface area contributed by atoms with E-state index in [9.17, 15) is 9.59 Å². The van der Waals surface area contributed by atoms with Crippen molar-refractivity contribution in [3.63, 3.8) is 0 Å². The van der Waals surface area contributed by atoms with E-state index < -0.39 is 11.9 Å². The molecule has 0 radical (unpaired) electrons. The lowest BCUT2D eigenvalue weighted by molar-refractivity contribution is 0.0525. The largest absolute Gasteiger partial charge is 0.478 e. The van der Waals surface area contributed by atoms with E-state index in [2.05, 4.69) is 0 Å². The summed E-state index contributed by atoms with van der Waals surface area (Å²) >= 11 is 0. The molecular weight excluding hydrogens is 198 g/mol. The molecule has 15 heavy (non-hydrogen) atoms. The van der Waals surface area contributed by atoms with Crippen molar-refractivity contribution < 1.29 is 19.4 Å². The van der Waals surface area contributed by atoms with Crippen LogP contribution in [0.25, 0.3) is 0 Å². The van der Waals surface area contributed by atoms with E-state index in [4.69, 9.17) is 15.6 Å². The molecule has 3 N–H and O–H groups in total. The number of anilines is 1. The number of carbonyl (C=O) groups excluding carboxylic acids is 1. The van der Waals surface area contributed by atoms with Crippen LogP contribution in [0, 0.1) is 0 Å². The standard InChI is InChI=1S/C10H11NO4/c1-2-15-10(14)6-3-4-7(9(12)13)8(11)5-6/h3-5H,2,11H2,1H3,(H,12,13). The molecule has 1 aromatic carbocycles. The third kappa shape index (κ3) is 2.46. The van der Waals surface area contributed by atoms with Gasteiger partial charge in [-0.1, -0.05) is 0 Å². The molecule has 0 aliphatic rings. The zero-order valence-corrected chi connectivity index (χ0v) is 8.19. The second kappa shape index (κ2) is 4.45. The van der Waals surface area contributed by atoms with Gasteiger partial charge in [-0.05, 0) is 25.1 Å². The first-order valence-corrected chi connectivity index (χ1v) is 4.36. The highest BCUT2D eigenvalue weighted by Crippen LogP contribution is 2.15. The summed E-state index contributed by atoms with van der Waals surface area (Å²) in [7, 11) is 0. The zero-order chi connectivity index (χ0) is 11.4. The molecular formula is C10H11NO4. The normalized spacial score (nSPS) is 9.67. The Morgan fingerprint density at radius 2 is 2.13 bits per heavy atom. The van der Waals surface area contributed by atoms with E-state index in [0.717, 1.165) is 0 Å². The number of carboxylic acids is 1. The number of ether oxygens (including phenoxy) is 1. The smallest absolute Gasteiger partial charge is 0.338 e. The maximum absolute atomic E-state index is 11.3. The summed E-state index contributed by atoms with van der Waals surface area (Å²) in [5.41, 5.74) is 5.74. The molecule has 0 unspecified atom stereocenters. The van der Waals surface area contributed by atoms with Crippen molar-refractivity contribution in [1.82, 2.24) is 0 Å². The second-order valence-electron chi connectivity index (χ2n) is 2.83. The first kappa shape index (κ1) is 11.0. The van der Waals surface area contributed by atoms with Crippen LogP contribution in [0.2, 0.25) is 0 Å². The van der Waals surface area contributed by atoms with Gasteiger partial charge in [0.1, 0.15) is 0 Å². The number of esters is 1. The predicted octanol–water partition coefficient (Wildman–Crippen LogP) is 1.14. The molecule has 0 aliphatic carbocycles.